The fourth-order valence-corrected chi connectivity index (χ4v) is 3.12. The Balaban J connectivity index is 1.99. The number of hydrogen-bond acceptors (Lipinski definition) is 5. The van der Waals surface area contributed by atoms with Gasteiger partial charge in [0.25, 0.3) is 0 Å². The molecule has 0 radical (unpaired) electrons. The molecule has 0 saturated carbocycles. The SMILES string of the molecule is COC(=O)C1=C(C)NC(=S)NC1c1ccccc1OC(=O)c1ccccc1. The lowest BCUT2D eigenvalue weighted by Gasteiger charge is -2.30. The van der Waals surface area contributed by atoms with Crippen molar-refractivity contribution < 1.29 is 19.1 Å². The van der Waals surface area contributed by atoms with Gasteiger partial charge in [0, 0.05) is 11.3 Å². The maximum atomic E-state index is 12.5. The molecule has 1 aliphatic rings. The number of thiocarbonyl (C=S) groups is 1. The van der Waals surface area contributed by atoms with E-state index < -0.39 is 18.0 Å². The monoisotopic (exact) mass is 382 g/mol. The summed E-state index contributed by atoms with van der Waals surface area (Å²) in [6.07, 6.45) is 0. The highest BCUT2D eigenvalue weighted by atomic mass is 32.1. The number of allylic oxidation sites excluding steroid dienone is 1. The first kappa shape index (κ1) is 18.6. The van der Waals surface area contributed by atoms with Gasteiger partial charge in [-0.2, -0.15) is 0 Å². The third-order valence-corrected chi connectivity index (χ3v) is 4.34. The van der Waals surface area contributed by atoms with E-state index in [9.17, 15) is 9.59 Å². The number of ether oxygens (including phenoxy) is 2. The molecule has 0 spiro atoms. The summed E-state index contributed by atoms with van der Waals surface area (Å²) in [6, 6.07) is 15.1. The summed E-state index contributed by atoms with van der Waals surface area (Å²) in [5.41, 5.74) is 1.99. The third-order valence-electron chi connectivity index (χ3n) is 4.12. The first-order chi connectivity index (χ1) is 13.0. The van der Waals surface area contributed by atoms with E-state index in [4.69, 9.17) is 21.7 Å². The van der Waals surface area contributed by atoms with Crippen molar-refractivity contribution >= 4 is 29.3 Å². The van der Waals surface area contributed by atoms with Gasteiger partial charge in [0.1, 0.15) is 5.75 Å². The lowest BCUT2D eigenvalue weighted by molar-refractivity contribution is -0.136. The van der Waals surface area contributed by atoms with Gasteiger partial charge in [-0.15, -0.1) is 0 Å². The van der Waals surface area contributed by atoms with Crippen molar-refractivity contribution in [2.24, 2.45) is 0 Å². The molecule has 0 saturated heterocycles. The molecule has 27 heavy (non-hydrogen) atoms. The van der Waals surface area contributed by atoms with Gasteiger partial charge in [-0.1, -0.05) is 36.4 Å². The fourth-order valence-electron chi connectivity index (χ4n) is 2.85. The highest BCUT2D eigenvalue weighted by Gasteiger charge is 2.32. The molecule has 0 aliphatic carbocycles. The minimum Gasteiger partial charge on any atom is -0.466 e. The molecule has 6 nitrogen and oxygen atoms in total. The average Bonchev–Trinajstić information content (AvgIpc) is 2.68. The van der Waals surface area contributed by atoms with E-state index >= 15 is 0 Å². The summed E-state index contributed by atoms with van der Waals surface area (Å²) in [6.45, 7) is 1.74. The second-order valence-electron chi connectivity index (χ2n) is 5.86. The summed E-state index contributed by atoms with van der Waals surface area (Å²) in [4.78, 5) is 24.8. The molecule has 1 heterocycles. The van der Waals surface area contributed by atoms with Gasteiger partial charge in [0.15, 0.2) is 5.11 Å². The Morgan fingerprint density at radius 1 is 1.00 bits per heavy atom. The Labute approximate surface area is 162 Å². The van der Waals surface area contributed by atoms with Crippen LogP contribution in [0.15, 0.2) is 65.9 Å². The van der Waals surface area contributed by atoms with Gasteiger partial charge in [0.2, 0.25) is 0 Å². The van der Waals surface area contributed by atoms with Crippen molar-refractivity contribution in [2.75, 3.05) is 7.11 Å². The van der Waals surface area contributed by atoms with Crippen LogP contribution in [0.5, 0.6) is 5.75 Å². The van der Waals surface area contributed by atoms with Crippen LogP contribution in [-0.2, 0) is 9.53 Å². The van der Waals surface area contributed by atoms with Gasteiger partial charge >= 0.3 is 11.9 Å². The lowest BCUT2D eigenvalue weighted by atomic mass is 9.95. The minimum absolute atomic E-state index is 0.336. The summed E-state index contributed by atoms with van der Waals surface area (Å²) in [7, 11) is 1.31. The van der Waals surface area contributed by atoms with E-state index in [2.05, 4.69) is 10.6 Å². The number of methoxy groups -OCH3 is 1. The third kappa shape index (κ3) is 3.98. The second kappa shape index (κ2) is 8.01. The number of esters is 2. The van der Waals surface area contributed by atoms with Gasteiger partial charge in [-0.05, 0) is 37.3 Å². The van der Waals surface area contributed by atoms with E-state index in [-0.39, 0.29) is 0 Å². The number of carbonyl (C=O) groups is 2. The van der Waals surface area contributed by atoms with Crippen molar-refractivity contribution in [1.82, 2.24) is 10.6 Å². The number of carbonyl (C=O) groups excluding carboxylic acids is 2. The maximum absolute atomic E-state index is 12.5. The Bertz CT molecular complexity index is 925. The predicted molar refractivity (Wildman–Crippen MR) is 104 cm³/mol. The van der Waals surface area contributed by atoms with Crippen molar-refractivity contribution in [3.05, 3.63) is 77.0 Å². The number of rotatable bonds is 4. The van der Waals surface area contributed by atoms with E-state index in [0.29, 0.717) is 33.3 Å². The molecule has 2 aromatic rings. The molecule has 2 aromatic carbocycles. The molecule has 1 unspecified atom stereocenters. The molecule has 0 aromatic heterocycles. The van der Waals surface area contributed by atoms with Crippen molar-refractivity contribution in [2.45, 2.75) is 13.0 Å². The normalized spacial score (nSPS) is 16.2. The van der Waals surface area contributed by atoms with Crippen LogP contribution in [0, 0.1) is 0 Å². The van der Waals surface area contributed by atoms with Crippen molar-refractivity contribution in [3.8, 4) is 5.75 Å². The highest BCUT2D eigenvalue weighted by molar-refractivity contribution is 7.80. The van der Waals surface area contributed by atoms with Crippen LogP contribution in [0.25, 0.3) is 0 Å². The molecule has 1 aliphatic heterocycles. The first-order valence-electron chi connectivity index (χ1n) is 8.24. The fraction of sp³-hybridized carbons (Fsp3) is 0.150. The number of para-hydroxylation sites is 1. The zero-order valence-corrected chi connectivity index (χ0v) is 15.6. The van der Waals surface area contributed by atoms with E-state index in [0.717, 1.165) is 0 Å². The quantitative estimate of drug-likeness (QED) is 0.478. The predicted octanol–water partition coefficient (Wildman–Crippen LogP) is 2.87. The Kier molecular flexibility index (Phi) is 5.52. The molecule has 1 atom stereocenters. The molecule has 0 bridgehead atoms. The molecule has 2 N–H and O–H groups in total. The Hall–Kier alpha value is -3.19. The smallest absolute Gasteiger partial charge is 0.343 e. The zero-order valence-electron chi connectivity index (χ0n) is 14.8. The first-order valence-corrected chi connectivity index (χ1v) is 8.65. The average molecular weight is 382 g/mol. The standard InChI is InChI=1S/C20H18N2O4S/c1-12-16(19(24)25-2)17(22-20(27)21-12)14-10-6-7-11-15(14)26-18(23)13-8-4-3-5-9-13/h3-11,17H,1-2H3,(H2,21,22,27). The molecule has 0 amide bonds. The maximum Gasteiger partial charge on any atom is 0.343 e. The van der Waals surface area contributed by atoms with Crippen LogP contribution >= 0.6 is 12.2 Å². The van der Waals surface area contributed by atoms with Crippen molar-refractivity contribution in [1.29, 1.82) is 0 Å². The number of nitrogens with one attached hydrogen (secondary N) is 2. The summed E-state index contributed by atoms with van der Waals surface area (Å²) in [5.74, 6) is -0.646. The highest BCUT2D eigenvalue weighted by Crippen LogP contribution is 2.33. The van der Waals surface area contributed by atoms with E-state index in [1.54, 1.807) is 55.5 Å². The van der Waals surface area contributed by atoms with Gasteiger partial charge in [-0.3, -0.25) is 0 Å². The van der Waals surface area contributed by atoms with Gasteiger partial charge in [-0.25, -0.2) is 9.59 Å². The van der Waals surface area contributed by atoms with Gasteiger partial charge < -0.3 is 20.1 Å². The number of hydrogen-bond donors (Lipinski definition) is 2. The van der Waals surface area contributed by atoms with Gasteiger partial charge in [0.05, 0.1) is 24.3 Å². The summed E-state index contributed by atoms with van der Waals surface area (Å²) in [5, 5.41) is 6.34. The van der Waals surface area contributed by atoms with Crippen molar-refractivity contribution in [3.63, 3.8) is 0 Å². The molecule has 0 fully saturated rings. The molecular formula is C20H18N2O4S. The Morgan fingerprint density at radius 2 is 1.67 bits per heavy atom. The second-order valence-corrected chi connectivity index (χ2v) is 6.26. The van der Waals surface area contributed by atoms with Crippen LogP contribution in [0.1, 0.15) is 28.9 Å². The molecular weight excluding hydrogens is 364 g/mol. The van der Waals surface area contributed by atoms with Crippen LogP contribution in [0.3, 0.4) is 0 Å². The topological polar surface area (TPSA) is 76.7 Å². The summed E-state index contributed by atoms with van der Waals surface area (Å²) < 4.78 is 10.5. The van der Waals surface area contributed by atoms with E-state index in [1.165, 1.54) is 7.11 Å². The zero-order chi connectivity index (χ0) is 19.4. The van der Waals surface area contributed by atoms with Crippen LogP contribution in [0.4, 0.5) is 0 Å². The molecule has 3 rings (SSSR count). The molecule has 138 valence electrons. The summed E-state index contributed by atoms with van der Waals surface area (Å²) >= 11 is 5.23. The lowest BCUT2D eigenvalue weighted by Crippen LogP contribution is -2.45. The van der Waals surface area contributed by atoms with Crippen LogP contribution < -0.4 is 15.4 Å². The van der Waals surface area contributed by atoms with Crippen LogP contribution in [-0.4, -0.2) is 24.2 Å². The van der Waals surface area contributed by atoms with Crippen LogP contribution in [0.2, 0.25) is 0 Å². The minimum atomic E-state index is -0.606. The number of benzene rings is 2. The largest absolute Gasteiger partial charge is 0.466 e. The van der Waals surface area contributed by atoms with E-state index in [1.807, 2.05) is 6.07 Å². The molecule has 7 heteroatoms. The Morgan fingerprint density at radius 3 is 2.37 bits per heavy atom.